The van der Waals surface area contributed by atoms with Crippen LogP contribution in [-0.4, -0.2) is 63.1 Å². The van der Waals surface area contributed by atoms with Gasteiger partial charge in [-0.3, -0.25) is 4.79 Å². The van der Waals surface area contributed by atoms with Crippen molar-refractivity contribution in [2.75, 3.05) is 39.5 Å². The van der Waals surface area contributed by atoms with E-state index in [2.05, 4.69) is 0 Å². The van der Waals surface area contributed by atoms with Crippen LogP contribution in [0.25, 0.3) is 0 Å². The Bertz CT molecular complexity index is 607. The van der Waals surface area contributed by atoms with Gasteiger partial charge in [-0.05, 0) is 6.07 Å². The summed E-state index contributed by atoms with van der Waals surface area (Å²) in [6.07, 6.45) is 1.46. The largest absolute Gasteiger partial charge is 0.496 e. The van der Waals surface area contributed by atoms with Crippen LogP contribution in [0, 0.1) is 0 Å². The summed E-state index contributed by atoms with van der Waals surface area (Å²) in [5.41, 5.74) is 0.843. The first-order chi connectivity index (χ1) is 9.91. The monoisotopic (exact) mass is 312 g/mol. The third kappa shape index (κ3) is 3.95. The van der Waals surface area contributed by atoms with Gasteiger partial charge in [-0.15, -0.1) is 0 Å². The molecule has 0 bridgehead atoms. The lowest BCUT2D eigenvalue weighted by Crippen LogP contribution is -2.50. The van der Waals surface area contributed by atoms with E-state index in [1.54, 1.807) is 12.0 Å². The van der Waals surface area contributed by atoms with Gasteiger partial charge in [0.25, 0.3) is 0 Å². The first-order valence-electron chi connectivity index (χ1n) is 6.76. The third-order valence-electron chi connectivity index (χ3n) is 3.59. The molecule has 0 spiro atoms. The quantitative estimate of drug-likeness (QED) is 0.804. The highest BCUT2D eigenvalue weighted by Gasteiger charge is 2.26. The van der Waals surface area contributed by atoms with Gasteiger partial charge in [-0.2, -0.15) is 4.31 Å². The van der Waals surface area contributed by atoms with E-state index in [4.69, 9.17) is 4.74 Å². The molecule has 0 unspecified atom stereocenters. The number of carbonyl (C=O) groups is 1. The standard InChI is InChI=1S/C14H20N2O4S/c1-20-13-6-4-3-5-12(13)11-14(17)15-7-9-16(10-8-15)21(2,18)19/h3-6H,7-11H2,1-2H3. The van der Waals surface area contributed by atoms with E-state index in [1.165, 1.54) is 10.6 Å². The minimum atomic E-state index is -3.17. The fourth-order valence-corrected chi connectivity index (χ4v) is 3.22. The highest BCUT2D eigenvalue weighted by atomic mass is 32.2. The maximum atomic E-state index is 12.3. The van der Waals surface area contributed by atoms with E-state index in [9.17, 15) is 13.2 Å². The van der Waals surface area contributed by atoms with Crippen LogP contribution in [-0.2, 0) is 21.2 Å². The third-order valence-corrected chi connectivity index (χ3v) is 4.90. The van der Waals surface area contributed by atoms with Crippen LogP contribution in [0.15, 0.2) is 24.3 Å². The lowest BCUT2D eigenvalue weighted by Gasteiger charge is -2.33. The number of carbonyl (C=O) groups excluding carboxylic acids is 1. The summed E-state index contributed by atoms with van der Waals surface area (Å²) in [6, 6.07) is 7.41. The minimum Gasteiger partial charge on any atom is -0.496 e. The molecule has 1 aliphatic rings. The van der Waals surface area contributed by atoms with Gasteiger partial charge in [0.1, 0.15) is 5.75 Å². The molecule has 0 atom stereocenters. The van der Waals surface area contributed by atoms with Crippen LogP contribution in [0.1, 0.15) is 5.56 Å². The second-order valence-electron chi connectivity index (χ2n) is 5.03. The fourth-order valence-electron chi connectivity index (χ4n) is 2.39. The number of hydrogen-bond donors (Lipinski definition) is 0. The number of piperazine rings is 1. The first-order valence-corrected chi connectivity index (χ1v) is 8.61. The summed E-state index contributed by atoms with van der Waals surface area (Å²) in [5.74, 6) is 0.688. The molecule has 0 radical (unpaired) electrons. The molecule has 6 nitrogen and oxygen atoms in total. The fraction of sp³-hybridized carbons (Fsp3) is 0.500. The minimum absolute atomic E-state index is 0.00680. The van der Waals surface area contributed by atoms with Gasteiger partial charge in [0.2, 0.25) is 15.9 Å². The zero-order valence-electron chi connectivity index (χ0n) is 12.3. The topological polar surface area (TPSA) is 66.9 Å². The van der Waals surface area contributed by atoms with E-state index in [-0.39, 0.29) is 12.3 Å². The number of nitrogens with zero attached hydrogens (tertiary/aromatic N) is 2. The van der Waals surface area contributed by atoms with Gasteiger partial charge in [-0.25, -0.2) is 8.42 Å². The zero-order valence-corrected chi connectivity index (χ0v) is 13.1. The van der Waals surface area contributed by atoms with E-state index in [1.807, 2.05) is 24.3 Å². The predicted molar refractivity (Wildman–Crippen MR) is 79.7 cm³/mol. The van der Waals surface area contributed by atoms with E-state index >= 15 is 0 Å². The number of para-hydroxylation sites is 1. The van der Waals surface area contributed by atoms with Crippen molar-refractivity contribution in [1.82, 2.24) is 9.21 Å². The second kappa shape index (κ2) is 6.44. The van der Waals surface area contributed by atoms with E-state index < -0.39 is 10.0 Å². The molecule has 0 saturated carbocycles. The summed E-state index contributed by atoms with van der Waals surface area (Å²) in [7, 11) is -1.59. The van der Waals surface area contributed by atoms with E-state index in [0.717, 1.165) is 5.56 Å². The number of methoxy groups -OCH3 is 1. The molecule has 1 aromatic carbocycles. The van der Waals surface area contributed by atoms with Crippen LogP contribution < -0.4 is 4.74 Å². The van der Waals surface area contributed by atoms with Crippen molar-refractivity contribution in [2.24, 2.45) is 0 Å². The number of rotatable bonds is 4. The van der Waals surface area contributed by atoms with Crippen molar-refractivity contribution >= 4 is 15.9 Å². The molecular weight excluding hydrogens is 292 g/mol. The van der Waals surface area contributed by atoms with Crippen molar-refractivity contribution in [3.63, 3.8) is 0 Å². The molecule has 0 aliphatic carbocycles. The SMILES string of the molecule is COc1ccccc1CC(=O)N1CCN(S(C)(=O)=O)CC1. The molecule has 1 aliphatic heterocycles. The average molecular weight is 312 g/mol. The molecule has 1 aromatic rings. The Morgan fingerprint density at radius 1 is 1.19 bits per heavy atom. The normalized spacial score (nSPS) is 16.8. The number of hydrogen-bond acceptors (Lipinski definition) is 4. The number of amides is 1. The Morgan fingerprint density at radius 2 is 1.81 bits per heavy atom. The molecule has 2 rings (SSSR count). The second-order valence-corrected chi connectivity index (χ2v) is 7.01. The molecule has 1 fully saturated rings. The lowest BCUT2D eigenvalue weighted by atomic mass is 10.1. The van der Waals surface area contributed by atoms with Gasteiger partial charge < -0.3 is 9.64 Å². The summed E-state index contributed by atoms with van der Waals surface area (Å²) in [6.45, 7) is 1.58. The summed E-state index contributed by atoms with van der Waals surface area (Å²) in [5, 5.41) is 0. The molecule has 1 amide bonds. The van der Waals surface area contributed by atoms with Gasteiger partial charge >= 0.3 is 0 Å². The Morgan fingerprint density at radius 3 is 2.38 bits per heavy atom. The Balaban J connectivity index is 1.97. The summed E-state index contributed by atoms with van der Waals surface area (Å²) in [4.78, 5) is 14.0. The smallest absolute Gasteiger partial charge is 0.227 e. The van der Waals surface area contributed by atoms with Crippen LogP contribution in [0.3, 0.4) is 0 Å². The first kappa shape index (κ1) is 15.8. The van der Waals surface area contributed by atoms with Crippen molar-refractivity contribution in [3.8, 4) is 5.75 Å². The lowest BCUT2D eigenvalue weighted by molar-refractivity contribution is -0.131. The van der Waals surface area contributed by atoms with Crippen molar-refractivity contribution in [2.45, 2.75) is 6.42 Å². The Hall–Kier alpha value is -1.60. The van der Waals surface area contributed by atoms with Crippen molar-refractivity contribution in [1.29, 1.82) is 0 Å². The summed E-state index contributed by atoms with van der Waals surface area (Å²) < 4.78 is 29.5. The zero-order chi connectivity index (χ0) is 15.5. The van der Waals surface area contributed by atoms with Gasteiger partial charge in [-0.1, -0.05) is 18.2 Å². The molecule has 0 N–H and O–H groups in total. The molecule has 7 heteroatoms. The maximum absolute atomic E-state index is 12.3. The number of benzene rings is 1. The van der Waals surface area contributed by atoms with E-state index in [0.29, 0.717) is 31.9 Å². The molecule has 0 aromatic heterocycles. The van der Waals surface area contributed by atoms with Crippen LogP contribution in [0.2, 0.25) is 0 Å². The van der Waals surface area contributed by atoms with Crippen LogP contribution in [0.5, 0.6) is 5.75 Å². The van der Waals surface area contributed by atoms with Crippen molar-refractivity contribution < 1.29 is 17.9 Å². The number of sulfonamides is 1. The number of ether oxygens (including phenoxy) is 1. The molecule has 1 saturated heterocycles. The Labute approximate surface area is 125 Å². The van der Waals surface area contributed by atoms with Crippen LogP contribution >= 0.6 is 0 Å². The van der Waals surface area contributed by atoms with Gasteiger partial charge in [0.05, 0.1) is 19.8 Å². The molecule has 116 valence electrons. The predicted octanol–water partition coefficient (Wildman–Crippen LogP) is 0.342. The molecular formula is C14H20N2O4S. The molecule has 1 heterocycles. The summed E-state index contributed by atoms with van der Waals surface area (Å²) >= 11 is 0. The molecule has 21 heavy (non-hydrogen) atoms. The van der Waals surface area contributed by atoms with Crippen LogP contribution in [0.4, 0.5) is 0 Å². The highest BCUT2D eigenvalue weighted by Crippen LogP contribution is 2.19. The highest BCUT2D eigenvalue weighted by molar-refractivity contribution is 7.88. The Kier molecular flexibility index (Phi) is 4.84. The maximum Gasteiger partial charge on any atom is 0.227 e. The average Bonchev–Trinajstić information content (AvgIpc) is 2.47. The van der Waals surface area contributed by atoms with Crippen molar-refractivity contribution in [3.05, 3.63) is 29.8 Å². The van der Waals surface area contributed by atoms with Gasteiger partial charge in [0, 0.05) is 31.7 Å². The van der Waals surface area contributed by atoms with Gasteiger partial charge in [0.15, 0.2) is 0 Å².